The van der Waals surface area contributed by atoms with Crippen LogP contribution in [0.25, 0.3) is 10.9 Å². The number of nitrogens with one attached hydrogen (secondary N) is 1. The second-order valence-corrected chi connectivity index (χ2v) is 6.84. The first-order chi connectivity index (χ1) is 14.0. The molecule has 0 aliphatic carbocycles. The van der Waals surface area contributed by atoms with Gasteiger partial charge in [0, 0.05) is 6.54 Å². The zero-order chi connectivity index (χ0) is 21.0. The van der Waals surface area contributed by atoms with Gasteiger partial charge in [0.15, 0.2) is 6.61 Å². The average molecular weight is 412 g/mol. The molecule has 0 aliphatic rings. The van der Waals surface area contributed by atoms with Crippen molar-refractivity contribution in [3.63, 3.8) is 0 Å². The van der Waals surface area contributed by atoms with Crippen molar-refractivity contribution in [3.8, 4) is 6.07 Å². The molecule has 0 spiro atoms. The third-order valence-electron chi connectivity index (χ3n) is 4.14. The monoisotopic (exact) mass is 412 g/mol. The van der Waals surface area contributed by atoms with Gasteiger partial charge in [-0.1, -0.05) is 12.1 Å². The van der Waals surface area contributed by atoms with Crippen LogP contribution < -0.4 is 16.6 Å². The third-order valence-corrected chi connectivity index (χ3v) is 4.97. The number of nitriles is 1. The Bertz CT molecular complexity index is 1250. The van der Waals surface area contributed by atoms with Gasteiger partial charge in [0.05, 0.1) is 16.5 Å². The largest absolute Gasteiger partial charge is 0.454 e. The molecule has 0 saturated heterocycles. The summed E-state index contributed by atoms with van der Waals surface area (Å²) < 4.78 is 7.14. The molecule has 3 rings (SSSR count). The predicted molar refractivity (Wildman–Crippen MR) is 107 cm³/mol. The van der Waals surface area contributed by atoms with Crippen LogP contribution in [-0.4, -0.2) is 27.6 Å². The lowest BCUT2D eigenvalue weighted by Crippen LogP contribution is -2.41. The van der Waals surface area contributed by atoms with Crippen LogP contribution in [0.3, 0.4) is 0 Å². The van der Waals surface area contributed by atoms with E-state index in [-0.39, 0.29) is 6.54 Å². The Labute approximate surface area is 168 Å². The summed E-state index contributed by atoms with van der Waals surface area (Å²) in [6, 6.07) is 9.97. The highest BCUT2D eigenvalue weighted by molar-refractivity contribution is 7.14. The number of fused-ring (bicyclic) bond motifs is 1. The fraction of sp³-hybridized carbons (Fsp3) is 0.211. The summed E-state index contributed by atoms with van der Waals surface area (Å²) >= 11 is 1.18. The smallest absolute Gasteiger partial charge is 0.332 e. The molecule has 0 bridgehead atoms. The normalized spacial score (nSPS) is 10.5. The number of thiophene rings is 1. The second-order valence-electron chi connectivity index (χ2n) is 5.92. The van der Waals surface area contributed by atoms with Crippen LogP contribution in [0.1, 0.15) is 12.5 Å². The number of carbonyl (C=O) groups excluding carboxylic acids is 2. The highest BCUT2D eigenvalue weighted by atomic mass is 32.1. The van der Waals surface area contributed by atoms with Gasteiger partial charge >= 0.3 is 11.7 Å². The van der Waals surface area contributed by atoms with Gasteiger partial charge in [-0.15, -0.1) is 11.3 Å². The molecule has 3 aromatic rings. The summed E-state index contributed by atoms with van der Waals surface area (Å²) in [6.45, 7) is 0.795. The lowest BCUT2D eigenvalue weighted by Gasteiger charge is -2.12. The molecule has 0 atom stereocenters. The van der Waals surface area contributed by atoms with Crippen molar-refractivity contribution in [1.82, 2.24) is 9.13 Å². The number of anilines is 1. The van der Waals surface area contributed by atoms with Crippen molar-refractivity contribution < 1.29 is 14.3 Å². The molecule has 29 heavy (non-hydrogen) atoms. The summed E-state index contributed by atoms with van der Waals surface area (Å²) in [5.74, 6) is -1.41. The third kappa shape index (κ3) is 4.09. The predicted octanol–water partition coefficient (Wildman–Crippen LogP) is 1.30. The van der Waals surface area contributed by atoms with E-state index in [0.29, 0.717) is 21.5 Å². The molecule has 0 radical (unpaired) electrons. The summed E-state index contributed by atoms with van der Waals surface area (Å²) in [5, 5.41) is 13.8. The number of aromatic nitrogens is 2. The standard InChI is InChI=1S/C19H16N4O5S/c1-2-22-18(26)13-5-3-4-6-14(13)23(19(22)27)10-16(25)28-11-15(24)21-17-12(9-20)7-8-29-17/h3-8H,2,10-11H2,1H3,(H,21,24). The number of hydrogen-bond donors (Lipinski definition) is 1. The summed E-state index contributed by atoms with van der Waals surface area (Å²) in [6.07, 6.45) is 0. The molecule has 1 aromatic carbocycles. The van der Waals surface area contributed by atoms with Crippen molar-refractivity contribution in [1.29, 1.82) is 5.26 Å². The number of ether oxygens (including phenoxy) is 1. The molecule has 0 saturated carbocycles. The first-order valence-corrected chi connectivity index (χ1v) is 9.49. The number of benzene rings is 1. The number of carbonyl (C=O) groups is 2. The number of amides is 1. The number of rotatable bonds is 6. The van der Waals surface area contributed by atoms with E-state index in [1.54, 1.807) is 42.6 Å². The van der Waals surface area contributed by atoms with Crippen molar-refractivity contribution in [3.05, 3.63) is 62.1 Å². The highest BCUT2D eigenvalue weighted by Gasteiger charge is 2.16. The SMILES string of the molecule is CCn1c(=O)c2ccccc2n(CC(=O)OCC(=O)Nc2sccc2C#N)c1=O. The fourth-order valence-electron chi connectivity index (χ4n) is 2.78. The Kier molecular flexibility index (Phi) is 5.90. The van der Waals surface area contributed by atoms with Gasteiger partial charge in [0.25, 0.3) is 11.5 Å². The molecular weight excluding hydrogens is 396 g/mol. The van der Waals surface area contributed by atoms with Gasteiger partial charge in [0.1, 0.15) is 17.6 Å². The van der Waals surface area contributed by atoms with Crippen molar-refractivity contribution >= 4 is 39.1 Å². The Morgan fingerprint density at radius 3 is 2.69 bits per heavy atom. The van der Waals surface area contributed by atoms with Crippen LogP contribution >= 0.6 is 11.3 Å². The number of esters is 1. The molecule has 2 heterocycles. The molecule has 2 aromatic heterocycles. The van der Waals surface area contributed by atoms with E-state index < -0.39 is 36.3 Å². The molecule has 0 unspecified atom stereocenters. The van der Waals surface area contributed by atoms with Gasteiger partial charge < -0.3 is 10.1 Å². The minimum Gasteiger partial charge on any atom is -0.454 e. The summed E-state index contributed by atoms with van der Waals surface area (Å²) in [5.41, 5.74) is -0.434. The van der Waals surface area contributed by atoms with Gasteiger partial charge in [-0.3, -0.25) is 23.5 Å². The van der Waals surface area contributed by atoms with Crippen molar-refractivity contribution in [2.75, 3.05) is 11.9 Å². The topological polar surface area (TPSA) is 123 Å². The maximum Gasteiger partial charge on any atom is 0.332 e. The molecule has 10 heteroatoms. The molecule has 148 valence electrons. The average Bonchev–Trinajstić information content (AvgIpc) is 3.17. The molecule has 0 fully saturated rings. The zero-order valence-corrected chi connectivity index (χ0v) is 16.2. The molecule has 0 aliphatic heterocycles. The lowest BCUT2D eigenvalue weighted by atomic mass is 10.2. The first-order valence-electron chi connectivity index (χ1n) is 8.61. The van der Waals surface area contributed by atoms with Crippen LogP contribution in [0.4, 0.5) is 5.00 Å². The van der Waals surface area contributed by atoms with E-state index in [0.717, 1.165) is 9.13 Å². The van der Waals surface area contributed by atoms with Crippen LogP contribution in [0.2, 0.25) is 0 Å². The Hall–Kier alpha value is -3.71. The first kappa shape index (κ1) is 20.0. The maximum atomic E-state index is 12.6. The number of para-hydroxylation sites is 1. The lowest BCUT2D eigenvalue weighted by molar-refractivity contribution is -0.147. The van der Waals surface area contributed by atoms with Crippen LogP contribution in [0, 0.1) is 11.3 Å². The molecular formula is C19H16N4O5S. The Morgan fingerprint density at radius 1 is 1.21 bits per heavy atom. The Morgan fingerprint density at radius 2 is 1.97 bits per heavy atom. The van der Waals surface area contributed by atoms with E-state index >= 15 is 0 Å². The molecule has 9 nitrogen and oxygen atoms in total. The van der Waals surface area contributed by atoms with Gasteiger partial charge in [-0.25, -0.2) is 4.79 Å². The van der Waals surface area contributed by atoms with E-state index in [1.807, 2.05) is 6.07 Å². The van der Waals surface area contributed by atoms with Gasteiger partial charge in [0.2, 0.25) is 0 Å². The van der Waals surface area contributed by atoms with Crippen LogP contribution in [0.5, 0.6) is 0 Å². The van der Waals surface area contributed by atoms with Gasteiger partial charge in [-0.05, 0) is 30.5 Å². The summed E-state index contributed by atoms with van der Waals surface area (Å²) in [4.78, 5) is 49.2. The number of nitrogens with zero attached hydrogens (tertiary/aromatic N) is 3. The minimum atomic E-state index is -0.805. The van der Waals surface area contributed by atoms with E-state index in [4.69, 9.17) is 10.00 Å². The van der Waals surface area contributed by atoms with E-state index in [2.05, 4.69) is 5.32 Å². The number of hydrogen-bond acceptors (Lipinski definition) is 7. The minimum absolute atomic E-state index is 0.155. The van der Waals surface area contributed by atoms with Crippen LogP contribution in [0.15, 0.2) is 45.3 Å². The fourth-order valence-corrected chi connectivity index (χ4v) is 3.53. The van der Waals surface area contributed by atoms with Crippen LogP contribution in [-0.2, 0) is 27.4 Å². The second kappa shape index (κ2) is 8.53. The van der Waals surface area contributed by atoms with Crippen molar-refractivity contribution in [2.24, 2.45) is 0 Å². The van der Waals surface area contributed by atoms with Gasteiger partial charge in [-0.2, -0.15) is 5.26 Å². The quantitative estimate of drug-likeness (QED) is 0.609. The van der Waals surface area contributed by atoms with Crippen molar-refractivity contribution in [2.45, 2.75) is 20.0 Å². The Balaban J connectivity index is 1.75. The molecule has 1 N–H and O–H groups in total. The highest BCUT2D eigenvalue weighted by Crippen LogP contribution is 2.21. The zero-order valence-electron chi connectivity index (χ0n) is 15.4. The van der Waals surface area contributed by atoms with E-state index in [1.165, 1.54) is 11.3 Å². The van der Waals surface area contributed by atoms with E-state index in [9.17, 15) is 19.2 Å². The molecule has 1 amide bonds. The maximum absolute atomic E-state index is 12.6. The summed E-state index contributed by atoms with van der Waals surface area (Å²) in [7, 11) is 0.